The molecule has 2 heterocycles. The summed E-state index contributed by atoms with van der Waals surface area (Å²) in [5.74, 6) is 0.779. The summed E-state index contributed by atoms with van der Waals surface area (Å²) in [4.78, 5) is 4.58. The van der Waals surface area contributed by atoms with Gasteiger partial charge in [0.25, 0.3) is 0 Å². The normalized spacial score (nSPS) is 12.5. The zero-order valence-electron chi connectivity index (χ0n) is 10.6. The van der Waals surface area contributed by atoms with Crippen LogP contribution in [0.25, 0.3) is 10.8 Å². The van der Waals surface area contributed by atoms with Crippen molar-refractivity contribution in [3.63, 3.8) is 0 Å². The average molecular weight is 349 g/mol. The molecule has 5 heteroatoms. The molecule has 0 radical (unpaired) electrons. The Labute approximate surface area is 129 Å². The maximum absolute atomic E-state index is 6.21. The molecule has 0 bridgehead atoms. The van der Waals surface area contributed by atoms with Crippen molar-refractivity contribution in [2.45, 2.75) is 12.5 Å². The topological polar surface area (TPSA) is 52.0 Å². The van der Waals surface area contributed by atoms with Gasteiger partial charge in [0.2, 0.25) is 0 Å². The molecule has 1 atom stereocenters. The van der Waals surface area contributed by atoms with E-state index >= 15 is 0 Å². The average Bonchev–Trinajstić information content (AvgIpc) is 3.09. The maximum Gasteiger partial charge on any atom is 0.170 e. The first kappa shape index (κ1) is 13.5. The summed E-state index contributed by atoms with van der Waals surface area (Å²) >= 11 is 4.87. The first-order chi connectivity index (χ1) is 9.72. The summed E-state index contributed by atoms with van der Waals surface area (Å²) < 4.78 is 6.22. The van der Waals surface area contributed by atoms with Crippen molar-refractivity contribution < 1.29 is 4.42 Å². The Kier molecular flexibility index (Phi) is 4.00. The SMILES string of the molecule is NC(Cc1csc(-c2ccc(Br)o2)n1)c1ccccc1. The third-order valence-electron chi connectivity index (χ3n) is 2.99. The molecule has 0 aliphatic carbocycles. The van der Waals surface area contributed by atoms with Crippen molar-refractivity contribution in [3.8, 4) is 10.8 Å². The van der Waals surface area contributed by atoms with Crippen LogP contribution in [0.2, 0.25) is 0 Å². The zero-order valence-corrected chi connectivity index (χ0v) is 13.0. The zero-order chi connectivity index (χ0) is 13.9. The monoisotopic (exact) mass is 348 g/mol. The lowest BCUT2D eigenvalue weighted by Crippen LogP contribution is -2.13. The number of aromatic nitrogens is 1. The second-order valence-electron chi connectivity index (χ2n) is 4.47. The van der Waals surface area contributed by atoms with Crippen LogP contribution in [0.1, 0.15) is 17.3 Å². The number of nitrogens with two attached hydrogens (primary N) is 1. The highest BCUT2D eigenvalue weighted by molar-refractivity contribution is 9.10. The minimum Gasteiger partial charge on any atom is -0.447 e. The number of benzene rings is 1. The minimum atomic E-state index is -0.0329. The van der Waals surface area contributed by atoms with Gasteiger partial charge in [-0.05, 0) is 33.6 Å². The van der Waals surface area contributed by atoms with E-state index in [9.17, 15) is 0 Å². The molecule has 1 unspecified atom stereocenters. The van der Waals surface area contributed by atoms with Gasteiger partial charge in [-0.2, -0.15) is 0 Å². The van der Waals surface area contributed by atoms with Crippen LogP contribution in [0.15, 0.2) is 56.9 Å². The quantitative estimate of drug-likeness (QED) is 0.759. The van der Waals surface area contributed by atoms with E-state index in [2.05, 4.69) is 20.9 Å². The lowest BCUT2D eigenvalue weighted by molar-refractivity contribution is 0.555. The summed E-state index contributed by atoms with van der Waals surface area (Å²) in [7, 11) is 0. The molecule has 0 aliphatic rings. The fourth-order valence-corrected chi connectivity index (χ4v) is 3.09. The minimum absolute atomic E-state index is 0.0329. The molecule has 0 aliphatic heterocycles. The summed E-state index contributed by atoms with van der Waals surface area (Å²) in [5.41, 5.74) is 8.33. The Bertz CT molecular complexity index is 693. The number of thiazole rings is 1. The molecule has 102 valence electrons. The largest absolute Gasteiger partial charge is 0.447 e. The highest BCUT2D eigenvalue weighted by atomic mass is 79.9. The standard InChI is InChI=1S/C15H13BrN2OS/c16-14-7-6-13(19-14)15-18-11(9-20-15)8-12(17)10-4-2-1-3-5-10/h1-7,9,12H,8,17H2. The fourth-order valence-electron chi connectivity index (χ4n) is 1.99. The van der Waals surface area contributed by atoms with E-state index in [1.165, 1.54) is 0 Å². The lowest BCUT2D eigenvalue weighted by Gasteiger charge is -2.09. The van der Waals surface area contributed by atoms with Gasteiger partial charge in [-0.15, -0.1) is 11.3 Å². The summed E-state index contributed by atoms with van der Waals surface area (Å²) in [6, 6.07) is 13.8. The molecule has 0 saturated heterocycles. The van der Waals surface area contributed by atoms with E-state index in [0.29, 0.717) is 4.67 Å². The van der Waals surface area contributed by atoms with Gasteiger partial charge >= 0.3 is 0 Å². The van der Waals surface area contributed by atoms with Crippen LogP contribution in [0.5, 0.6) is 0 Å². The molecule has 0 saturated carbocycles. The summed E-state index contributed by atoms with van der Waals surface area (Å²) in [6.45, 7) is 0. The van der Waals surface area contributed by atoms with Crippen LogP contribution < -0.4 is 5.73 Å². The third kappa shape index (κ3) is 3.00. The molecule has 0 spiro atoms. The van der Waals surface area contributed by atoms with E-state index in [1.807, 2.05) is 47.8 Å². The molecule has 20 heavy (non-hydrogen) atoms. The van der Waals surface area contributed by atoms with E-state index in [1.54, 1.807) is 11.3 Å². The second kappa shape index (κ2) is 5.91. The van der Waals surface area contributed by atoms with Gasteiger partial charge in [0.15, 0.2) is 15.4 Å². The Morgan fingerprint density at radius 2 is 2.00 bits per heavy atom. The molecule has 2 aromatic heterocycles. The van der Waals surface area contributed by atoms with Crippen LogP contribution in [0.4, 0.5) is 0 Å². The Balaban J connectivity index is 1.74. The smallest absolute Gasteiger partial charge is 0.170 e. The van der Waals surface area contributed by atoms with Crippen molar-refractivity contribution in [2.24, 2.45) is 5.73 Å². The Morgan fingerprint density at radius 1 is 1.20 bits per heavy atom. The lowest BCUT2D eigenvalue weighted by atomic mass is 10.0. The Hall–Kier alpha value is -1.43. The molecule has 0 amide bonds. The van der Waals surface area contributed by atoms with Crippen molar-refractivity contribution >= 4 is 27.3 Å². The van der Waals surface area contributed by atoms with Gasteiger partial charge in [-0.25, -0.2) is 4.98 Å². The number of hydrogen-bond donors (Lipinski definition) is 1. The van der Waals surface area contributed by atoms with Gasteiger partial charge in [0.1, 0.15) is 0 Å². The highest BCUT2D eigenvalue weighted by Crippen LogP contribution is 2.28. The summed E-state index contributed by atoms with van der Waals surface area (Å²) in [6.07, 6.45) is 0.725. The van der Waals surface area contributed by atoms with Crippen LogP contribution in [0, 0.1) is 0 Å². The van der Waals surface area contributed by atoms with Gasteiger partial charge in [-0.3, -0.25) is 0 Å². The molecule has 3 aromatic rings. The Morgan fingerprint density at radius 3 is 2.70 bits per heavy atom. The molecular weight excluding hydrogens is 336 g/mol. The van der Waals surface area contributed by atoms with Crippen molar-refractivity contribution in [1.29, 1.82) is 0 Å². The number of hydrogen-bond acceptors (Lipinski definition) is 4. The van der Waals surface area contributed by atoms with Gasteiger partial charge < -0.3 is 10.2 Å². The van der Waals surface area contributed by atoms with Gasteiger partial charge in [0.05, 0.1) is 5.69 Å². The molecular formula is C15H13BrN2OS. The first-order valence-electron chi connectivity index (χ1n) is 6.23. The molecule has 1 aromatic carbocycles. The fraction of sp³-hybridized carbons (Fsp3) is 0.133. The second-order valence-corrected chi connectivity index (χ2v) is 6.11. The van der Waals surface area contributed by atoms with E-state index in [0.717, 1.165) is 28.4 Å². The maximum atomic E-state index is 6.21. The number of halogens is 1. The van der Waals surface area contributed by atoms with E-state index in [4.69, 9.17) is 10.2 Å². The summed E-state index contributed by atoms with van der Waals surface area (Å²) in [5, 5.41) is 2.92. The molecule has 3 nitrogen and oxygen atoms in total. The number of nitrogens with zero attached hydrogens (tertiary/aromatic N) is 1. The van der Waals surface area contributed by atoms with Crippen LogP contribution >= 0.6 is 27.3 Å². The molecule has 3 rings (SSSR count). The van der Waals surface area contributed by atoms with Crippen molar-refractivity contribution in [2.75, 3.05) is 0 Å². The number of rotatable bonds is 4. The van der Waals surface area contributed by atoms with Gasteiger partial charge in [-0.1, -0.05) is 30.3 Å². The van der Waals surface area contributed by atoms with Crippen LogP contribution in [-0.2, 0) is 6.42 Å². The van der Waals surface area contributed by atoms with Crippen LogP contribution in [0.3, 0.4) is 0 Å². The van der Waals surface area contributed by atoms with Crippen LogP contribution in [-0.4, -0.2) is 4.98 Å². The van der Waals surface area contributed by atoms with Crippen molar-refractivity contribution in [1.82, 2.24) is 4.98 Å². The van der Waals surface area contributed by atoms with Crippen molar-refractivity contribution in [3.05, 3.63) is 63.8 Å². The predicted molar refractivity (Wildman–Crippen MR) is 84.6 cm³/mol. The molecule has 2 N–H and O–H groups in total. The third-order valence-corrected chi connectivity index (χ3v) is 4.32. The number of furan rings is 1. The first-order valence-corrected chi connectivity index (χ1v) is 7.90. The highest BCUT2D eigenvalue weighted by Gasteiger charge is 2.12. The van der Waals surface area contributed by atoms with E-state index in [-0.39, 0.29) is 6.04 Å². The predicted octanol–water partition coefficient (Wildman–Crippen LogP) is 4.41. The van der Waals surface area contributed by atoms with E-state index < -0.39 is 0 Å². The van der Waals surface area contributed by atoms with Gasteiger partial charge in [0, 0.05) is 17.8 Å². The molecule has 0 fully saturated rings.